The minimum absolute atomic E-state index is 0.0921. The standard InChI is InChI=1S/C26H23ClF2O4/c27-19-9-7-18(8-10-19)25(12-13-25)16-26(29,24(31)32)23(30)15-17-6-11-21(28)22(14-17)33-20-4-2-1-3-5-20/h1-11,14,23,30H,12-13,15-16H2,(H,31,32)/t23-,26-/m0/s1. The Labute approximate surface area is 195 Å². The molecular weight excluding hydrogens is 450 g/mol. The van der Waals surface area contributed by atoms with Crippen LogP contribution in [0, 0.1) is 5.82 Å². The monoisotopic (exact) mass is 472 g/mol. The molecule has 3 aromatic carbocycles. The van der Waals surface area contributed by atoms with Crippen LogP contribution in [0.25, 0.3) is 0 Å². The molecule has 0 saturated heterocycles. The van der Waals surface area contributed by atoms with E-state index in [-0.39, 0.29) is 18.6 Å². The third-order valence-corrected chi connectivity index (χ3v) is 6.44. The lowest BCUT2D eigenvalue weighted by molar-refractivity contribution is -0.161. The molecular formula is C26H23ClF2O4. The normalized spacial score (nSPS) is 17.1. The maximum absolute atomic E-state index is 15.8. The van der Waals surface area contributed by atoms with E-state index in [9.17, 15) is 19.4 Å². The van der Waals surface area contributed by atoms with E-state index in [2.05, 4.69) is 0 Å². The molecule has 1 aliphatic rings. The molecule has 172 valence electrons. The molecule has 0 aromatic heterocycles. The zero-order chi connectivity index (χ0) is 23.6. The van der Waals surface area contributed by atoms with Gasteiger partial charge in [-0.25, -0.2) is 13.6 Å². The Morgan fingerprint density at radius 2 is 1.76 bits per heavy atom. The fourth-order valence-corrected chi connectivity index (χ4v) is 4.23. The predicted molar refractivity (Wildman–Crippen MR) is 121 cm³/mol. The van der Waals surface area contributed by atoms with Crippen molar-refractivity contribution in [3.05, 3.63) is 94.8 Å². The SMILES string of the molecule is O=C(O)[C@](F)(CC1(c2ccc(Cl)cc2)CC1)[C@@H](O)Cc1ccc(F)c(Oc2ccccc2)c1. The van der Waals surface area contributed by atoms with Crippen LogP contribution in [0.2, 0.25) is 5.02 Å². The van der Waals surface area contributed by atoms with E-state index in [0.717, 1.165) is 11.6 Å². The second-order valence-electron chi connectivity index (χ2n) is 8.53. The number of halogens is 3. The Balaban J connectivity index is 1.54. The molecule has 0 heterocycles. The first-order valence-electron chi connectivity index (χ1n) is 10.6. The molecule has 1 saturated carbocycles. The minimum atomic E-state index is -2.88. The number of carbonyl (C=O) groups is 1. The summed E-state index contributed by atoms with van der Waals surface area (Å²) in [5.41, 5.74) is -2.40. The zero-order valence-corrected chi connectivity index (χ0v) is 18.4. The van der Waals surface area contributed by atoms with Gasteiger partial charge in [-0.15, -0.1) is 0 Å². The number of aliphatic hydroxyl groups excluding tert-OH is 1. The van der Waals surface area contributed by atoms with Crippen LogP contribution >= 0.6 is 11.6 Å². The predicted octanol–water partition coefficient (Wildman–Crippen LogP) is 6.09. The summed E-state index contributed by atoms with van der Waals surface area (Å²) in [6, 6.07) is 19.3. The molecule has 7 heteroatoms. The Hall–Kier alpha value is -2.96. The van der Waals surface area contributed by atoms with E-state index in [1.165, 1.54) is 12.1 Å². The Morgan fingerprint density at radius 1 is 1.09 bits per heavy atom. The summed E-state index contributed by atoms with van der Waals surface area (Å²) in [7, 11) is 0. The van der Waals surface area contributed by atoms with Crippen molar-refractivity contribution in [2.24, 2.45) is 0 Å². The van der Waals surface area contributed by atoms with Crippen LogP contribution in [0.5, 0.6) is 11.5 Å². The Bertz CT molecular complexity index is 1130. The molecule has 2 N–H and O–H groups in total. The average Bonchev–Trinajstić information content (AvgIpc) is 3.57. The van der Waals surface area contributed by atoms with E-state index in [1.807, 2.05) is 0 Å². The number of ether oxygens (including phenoxy) is 1. The molecule has 2 atom stereocenters. The number of hydrogen-bond donors (Lipinski definition) is 2. The van der Waals surface area contributed by atoms with Gasteiger partial charge in [-0.2, -0.15) is 0 Å². The highest BCUT2D eigenvalue weighted by molar-refractivity contribution is 6.30. The largest absolute Gasteiger partial charge is 0.479 e. The van der Waals surface area contributed by atoms with Gasteiger partial charge in [0.15, 0.2) is 11.6 Å². The van der Waals surface area contributed by atoms with Gasteiger partial charge < -0.3 is 14.9 Å². The quantitative estimate of drug-likeness (QED) is 0.395. The number of aliphatic hydroxyl groups is 1. The molecule has 0 aliphatic heterocycles. The molecule has 0 spiro atoms. The molecule has 1 aliphatic carbocycles. The first kappa shape index (κ1) is 23.2. The highest BCUT2D eigenvalue weighted by Gasteiger charge is 2.57. The van der Waals surface area contributed by atoms with E-state index >= 15 is 4.39 Å². The van der Waals surface area contributed by atoms with Crippen LogP contribution < -0.4 is 4.74 Å². The fraction of sp³-hybridized carbons (Fsp3) is 0.269. The van der Waals surface area contributed by atoms with Gasteiger partial charge in [-0.05, 0) is 65.8 Å². The average molecular weight is 473 g/mol. The van der Waals surface area contributed by atoms with Crippen molar-refractivity contribution in [3.63, 3.8) is 0 Å². The minimum Gasteiger partial charge on any atom is -0.479 e. The fourth-order valence-electron chi connectivity index (χ4n) is 4.10. The van der Waals surface area contributed by atoms with Gasteiger partial charge in [-0.3, -0.25) is 0 Å². The van der Waals surface area contributed by atoms with Crippen LogP contribution in [0.15, 0.2) is 72.8 Å². The molecule has 1 fully saturated rings. The van der Waals surface area contributed by atoms with Crippen molar-refractivity contribution in [1.29, 1.82) is 0 Å². The smallest absolute Gasteiger partial charge is 0.344 e. The van der Waals surface area contributed by atoms with Crippen molar-refractivity contribution in [2.45, 2.75) is 42.9 Å². The Morgan fingerprint density at radius 3 is 2.36 bits per heavy atom. The number of para-hydroxylation sites is 1. The van der Waals surface area contributed by atoms with E-state index in [4.69, 9.17) is 16.3 Å². The summed E-state index contributed by atoms with van der Waals surface area (Å²) in [6.45, 7) is 0. The van der Waals surface area contributed by atoms with Gasteiger partial charge in [0.2, 0.25) is 5.67 Å². The van der Waals surface area contributed by atoms with Gasteiger partial charge in [0.25, 0.3) is 0 Å². The maximum atomic E-state index is 15.8. The van der Waals surface area contributed by atoms with Crippen molar-refractivity contribution >= 4 is 17.6 Å². The van der Waals surface area contributed by atoms with Crippen LogP contribution in [0.4, 0.5) is 8.78 Å². The molecule has 33 heavy (non-hydrogen) atoms. The van der Waals surface area contributed by atoms with E-state index < -0.39 is 29.0 Å². The summed E-state index contributed by atoms with van der Waals surface area (Å²) in [5, 5.41) is 21.0. The molecule has 0 bridgehead atoms. The molecule has 0 amide bonds. The van der Waals surface area contributed by atoms with Crippen molar-refractivity contribution < 1.29 is 28.5 Å². The number of hydrogen-bond acceptors (Lipinski definition) is 3. The van der Waals surface area contributed by atoms with Gasteiger partial charge in [0.05, 0.1) is 0 Å². The zero-order valence-electron chi connectivity index (χ0n) is 17.7. The highest BCUT2D eigenvalue weighted by Crippen LogP contribution is 2.55. The lowest BCUT2D eigenvalue weighted by Gasteiger charge is -2.31. The molecule has 4 nitrogen and oxygen atoms in total. The summed E-state index contributed by atoms with van der Waals surface area (Å²) < 4.78 is 35.6. The number of alkyl halides is 1. The first-order chi connectivity index (χ1) is 15.7. The topological polar surface area (TPSA) is 66.8 Å². The Kier molecular flexibility index (Phi) is 6.41. The molecule has 3 aromatic rings. The van der Waals surface area contributed by atoms with Gasteiger partial charge in [0.1, 0.15) is 11.9 Å². The van der Waals surface area contributed by atoms with Crippen LogP contribution in [0.1, 0.15) is 30.4 Å². The third kappa shape index (κ3) is 5.02. The third-order valence-electron chi connectivity index (χ3n) is 6.19. The highest BCUT2D eigenvalue weighted by atomic mass is 35.5. The second kappa shape index (κ2) is 9.12. The molecule has 0 unspecified atom stereocenters. The first-order valence-corrected chi connectivity index (χ1v) is 11.0. The van der Waals surface area contributed by atoms with Crippen molar-refractivity contribution in [2.75, 3.05) is 0 Å². The second-order valence-corrected chi connectivity index (χ2v) is 8.97. The van der Waals surface area contributed by atoms with Gasteiger partial charge in [0, 0.05) is 17.9 Å². The van der Waals surface area contributed by atoms with Crippen molar-refractivity contribution in [1.82, 2.24) is 0 Å². The molecule has 0 radical (unpaired) electrons. The summed E-state index contributed by atoms with van der Waals surface area (Å²) >= 11 is 5.94. The summed E-state index contributed by atoms with van der Waals surface area (Å²) in [5.74, 6) is -2.02. The number of carboxylic acids is 1. The lowest BCUT2D eigenvalue weighted by Crippen LogP contribution is -2.49. The van der Waals surface area contributed by atoms with Crippen molar-refractivity contribution in [3.8, 4) is 11.5 Å². The van der Waals surface area contributed by atoms with Crippen LogP contribution in [-0.2, 0) is 16.6 Å². The number of carboxylic acid groups (broad SMARTS) is 1. The summed E-state index contributed by atoms with van der Waals surface area (Å²) in [4.78, 5) is 12.0. The summed E-state index contributed by atoms with van der Waals surface area (Å²) in [6.07, 6.45) is -1.29. The maximum Gasteiger partial charge on any atom is 0.344 e. The molecule has 4 rings (SSSR count). The van der Waals surface area contributed by atoms with Crippen LogP contribution in [0.3, 0.4) is 0 Å². The number of rotatable bonds is 9. The van der Waals surface area contributed by atoms with Gasteiger partial charge in [-0.1, -0.05) is 48.0 Å². The number of benzene rings is 3. The van der Waals surface area contributed by atoms with Crippen LogP contribution in [-0.4, -0.2) is 28.0 Å². The van der Waals surface area contributed by atoms with Gasteiger partial charge >= 0.3 is 5.97 Å². The lowest BCUT2D eigenvalue weighted by atomic mass is 9.80. The number of aliphatic carboxylic acids is 1. The van der Waals surface area contributed by atoms with E-state index in [0.29, 0.717) is 29.2 Å². The van der Waals surface area contributed by atoms with E-state index in [1.54, 1.807) is 54.6 Å².